The number of aromatic nitrogens is 3. The molecule has 0 aliphatic carbocycles. The second-order valence-corrected chi connectivity index (χ2v) is 5.13. The van der Waals surface area contributed by atoms with Crippen LogP contribution in [0.1, 0.15) is 15.9 Å². The van der Waals surface area contributed by atoms with Gasteiger partial charge in [-0.3, -0.25) is 14.6 Å². The maximum absolute atomic E-state index is 12.1. The summed E-state index contributed by atoms with van der Waals surface area (Å²) >= 11 is 0. The SMILES string of the molecule is O=C(N/N=C/c1cc(O)ccc1O)c1cnc(-c2ccccn2)[nH]c1=O. The van der Waals surface area contributed by atoms with Gasteiger partial charge in [0.25, 0.3) is 11.5 Å². The minimum atomic E-state index is -0.776. The van der Waals surface area contributed by atoms with Crippen molar-refractivity contribution in [2.45, 2.75) is 0 Å². The molecule has 3 rings (SSSR count). The van der Waals surface area contributed by atoms with Crippen molar-refractivity contribution < 1.29 is 15.0 Å². The van der Waals surface area contributed by atoms with E-state index in [1.165, 1.54) is 18.2 Å². The summed E-state index contributed by atoms with van der Waals surface area (Å²) in [7, 11) is 0. The van der Waals surface area contributed by atoms with Gasteiger partial charge in [-0.15, -0.1) is 0 Å². The van der Waals surface area contributed by atoms with Crippen LogP contribution in [0.2, 0.25) is 0 Å². The molecule has 0 saturated carbocycles. The minimum absolute atomic E-state index is 0.0682. The molecular formula is C17H13N5O4. The van der Waals surface area contributed by atoms with Crippen molar-refractivity contribution in [1.29, 1.82) is 0 Å². The van der Waals surface area contributed by atoms with E-state index in [4.69, 9.17) is 0 Å². The number of phenolic OH excluding ortho intramolecular Hbond substituents is 2. The Hall–Kier alpha value is -4.01. The lowest BCUT2D eigenvalue weighted by atomic mass is 10.2. The number of aromatic hydroxyl groups is 2. The van der Waals surface area contributed by atoms with Gasteiger partial charge in [-0.25, -0.2) is 10.4 Å². The van der Waals surface area contributed by atoms with Crippen molar-refractivity contribution in [2.75, 3.05) is 0 Å². The molecule has 3 aromatic rings. The van der Waals surface area contributed by atoms with Gasteiger partial charge in [-0.1, -0.05) is 6.07 Å². The monoisotopic (exact) mass is 351 g/mol. The molecule has 0 radical (unpaired) electrons. The third-order valence-corrected chi connectivity index (χ3v) is 3.33. The number of nitrogens with one attached hydrogen (secondary N) is 2. The Morgan fingerprint density at radius 3 is 2.77 bits per heavy atom. The van der Waals surface area contributed by atoms with E-state index < -0.39 is 11.5 Å². The number of benzene rings is 1. The van der Waals surface area contributed by atoms with Crippen LogP contribution in [0.4, 0.5) is 0 Å². The fraction of sp³-hybridized carbons (Fsp3) is 0. The highest BCUT2D eigenvalue weighted by molar-refractivity contribution is 5.94. The van der Waals surface area contributed by atoms with Gasteiger partial charge in [-0.2, -0.15) is 5.10 Å². The predicted molar refractivity (Wildman–Crippen MR) is 92.9 cm³/mol. The van der Waals surface area contributed by atoms with Gasteiger partial charge in [0.05, 0.1) is 6.21 Å². The molecule has 2 heterocycles. The van der Waals surface area contributed by atoms with E-state index in [1.54, 1.807) is 24.4 Å². The Morgan fingerprint density at radius 1 is 1.19 bits per heavy atom. The highest BCUT2D eigenvalue weighted by Crippen LogP contribution is 2.19. The number of hydrogen-bond acceptors (Lipinski definition) is 7. The third kappa shape index (κ3) is 3.73. The molecule has 9 heteroatoms. The Kier molecular flexibility index (Phi) is 4.70. The van der Waals surface area contributed by atoms with Crippen LogP contribution in [0.3, 0.4) is 0 Å². The summed E-state index contributed by atoms with van der Waals surface area (Å²) in [6, 6.07) is 8.99. The second kappa shape index (κ2) is 7.26. The maximum Gasteiger partial charge on any atom is 0.278 e. The summed E-state index contributed by atoms with van der Waals surface area (Å²) in [6.45, 7) is 0. The van der Waals surface area contributed by atoms with Crippen LogP contribution >= 0.6 is 0 Å². The molecule has 0 unspecified atom stereocenters. The van der Waals surface area contributed by atoms with E-state index in [0.717, 1.165) is 12.4 Å². The Labute approximate surface area is 146 Å². The largest absolute Gasteiger partial charge is 0.508 e. The molecule has 0 aliphatic heterocycles. The van der Waals surface area contributed by atoms with Gasteiger partial charge < -0.3 is 15.2 Å². The number of phenols is 2. The number of hydrogen-bond donors (Lipinski definition) is 4. The quantitative estimate of drug-likeness (QED) is 0.314. The zero-order valence-electron chi connectivity index (χ0n) is 13.2. The molecule has 0 saturated heterocycles. The van der Waals surface area contributed by atoms with Crippen molar-refractivity contribution in [1.82, 2.24) is 20.4 Å². The first kappa shape index (κ1) is 16.8. The topological polar surface area (TPSA) is 141 Å². The highest BCUT2D eigenvalue weighted by Gasteiger charge is 2.12. The number of hydrazone groups is 1. The van der Waals surface area contributed by atoms with Gasteiger partial charge in [0, 0.05) is 18.0 Å². The maximum atomic E-state index is 12.1. The lowest BCUT2D eigenvalue weighted by molar-refractivity contribution is 0.0953. The van der Waals surface area contributed by atoms with E-state index in [2.05, 4.69) is 25.5 Å². The zero-order valence-corrected chi connectivity index (χ0v) is 13.2. The molecule has 130 valence electrons. The lowest BCUT2D eigenvalue weighted by Gasteiger charge is -2.02. The third-order valence-electron chi connectivity index (χ3n) is 3.33. The van der Waals surface area contributed by atoms with Gasteiger partial charge in [-0.05, 0) is 30.3 Å². The first-order valence-electron chi connectivity index (χ1n) is 7.40. The van der Waals surface area contributed by atoms with E-state index in [-0.39, 0.29) is 28.5 Å². The van der Waals surface area contributed by atoms with Crippen molar-refractivity contribution in [3.8, 4) is 23.0 Å². The summed E-state index contributed by atoms with van der Waals surface area (Å²) in [5, 5.41) is 22.6. The molecule has 26 heavy (non-hydrogen) atoms. The molecule has 2 aromatic heterocycles. The number of amides is 1. The van der Waals surface area contributed by atoms with Crippen LogP contribution in [0.25, 0.3) is 11.5 Å². The van der Waals surface area contributed by atoms with Crippen molar-refractivity contribution >= 4 is 12.1 Å². The molecule has 0 atom stereocenters. The Morgan fingerprint density at radius 2 is 2.04 bits per heavy atom. The number of pyridine rings is 1. The van der Waals surface area contributed by atoms with Crippen LogP contribution in [0.15, 0.2) is 58.7 Å². The number of aromatic amines is 1. The average molecular weight is 351 g/mol. The van der Waals surface area contributed by atoms with Crippen molar-refractivity contribution in [2.24, 2.45) is 5.10 Å². The zero-order chi connectivity index (χ0) is 18.5. The van der Waals surface area contributed by atoms with E-state index in [0.29, 0.717) is 5.69 Å². The molecule has 0 aliphatic rings. The van der Waals surface area contributed by atoms with E-state index in [9.17, 15) is 19.8 Å². The number of rotatable bonds is 4. The van der Waals surface area contributed by atoms with Crippen molar-refractivity contribution in [3.63, 3.8) is 0 Å². The second-order valence-electron chi connectivity index (χ2n) is 5.13. The molecule has 4 N–H and O–H groups in total. The molecular weight excluding hydrogens is 338 g/mol. The van der Waals surface area contributed by atoms with Gasteiger partial charge >= 0.3 is 0 Å². The predicted octanol–water partition coefficient (Wildman–Crippen LogP) is 1.01. The summed E-state index contributed by atoms with van der Waals surface area (Å²) < 4.78 is 0. The first-order chi connectivity index (χ1) is 12.5. The standard InChI is InChI=1S/C17H13N5O4/c23-11-4-5-14(24)10(7-11)8-20-22-17(26)12-9-19-15(21-16(12)25)13-3-1-2-6-18-13/h1-9,23-24H,(H,22,26)(H,19,21,25)/b20-8+. The normalized spacial score (nSPS) is 10.8. The first-order valence-corrected chi connectivity index (χ1v) is 7.40. The van der Waals surface area contributed by atoms with E-state index in [1.807, 2.05) is 0 Å². The van der Waals surface area contributed by atoms with Crippen LogP contribution in [-0.4, -0.2) is 37.3 Å². The average Bonchev–Trinajstić information content (AvgIpc) is 2.65. The lowest BCUT2D eigenvalue weighted by Crippen LogP contribution is -2.27. The number of nitrogens with zero attached hydrogens (tertiary/aromatic N) is 3. The van der Waals surface area contributed by atoms with Crippen LogP contribution < -0.4 is 11.0 Å². The number of carbonyl (C=O) groups excluding carboxylic acids is 1. The summed E-state index contributed by atoms with van der Waals surface area (Å²) in [5.41, 5.74) is 1.94. The smallest absolute Gasteiger partial charge is 0.278 e. The molecule has 0 fully saturated rings. The van der Waals surface area contributed by atoms with Crippen LogP contribution in [-0.2, 0) is 0 Å². The number of H-pyrrole nitrogens is 1. The highest BCUT2D eigenvalue weighted by atomic mass is 16.3. The van der Waals surface area contributed by atoms with Gasteiger partial charge in [0.1, 0.15) is 22.8 Å². The number of carbonyl (C=O) groups is 1. The molecule has 0 spiro atoms. The van der Waals surface area contributed by atoms with Gasteiger partial charge in [0.15, 0.2) is 5.82 Å². The Balaban J connectivity index is 1.75. The van der Waals surface area contributed by atoms with E-state index >= 15 is 0 Å². The summed E-state index contributed by atoms with van der Waals surface area (Å²) in [4.78, 5) is 34.7. The van der Waals surface area contributed by atoms with Crippen molar-refractivity contribution in [3.05, 3.63) is 70.3 Å². The fourth-order valence-electron chi connectivity index (χ4n) is 2.06. The summed E-state index contributed by atoms with van der Waals surface area (Å²) in [5.74, 6) is -0.732. The fourth-order valence-corrected chi connectivity index (χ4v) is 2.06. The Bertz CT molecular complexity index is 1030. The van der Waals surface area contributed by atoms with Crippen LogP contribution in [0, 0.1) is 0 Å². The van der Waals surface area contributed by atoms with Gasteiger partial charge in [0.2, 0.25) is 0 Å². The minimum Gasteiger partial charge on any atom is -0.508 e. The summed E-state index contributed by atoms with van der Waals surface area (Å²) in [6.07, 6.45) is 3.82. The molecule has 9 nitrogen and oxygen atoms in total. The molecule has 0 bridgehead atoms. The van der Waals surface area contributed by atoms with Crippen LogP contribution in [0.5, 0.6) is 11.5 Å². The molecule has 1 amide bonds. The molecule has 1 aromatic carbocycles.